The molecule has 6 nitrogen and oxygen atoms in total. The number of amides is 1. The number of pyridine rings is 1. The van der Waals surface area contributed by atoms with E-state index in [0.29, 0.717) is 26.3 Å². The summed E-state index contributed by atoms with van der Waals surface area (Å²) in [6, 6.07) is 5.46. The zero-order valence-electron chi connectivity index (χ0n) is 17.0. The Bertz CT molecular complexity index is 1020. The van der Waals surface area contributed by atoms with Crippen LogP contribution in [0.5, 0.6) is 0 Å². The maximum Gasteiger partial charge on any atom is 0.267 e. The molecule has 29 heavy (non-hydrogen) atoms. The van der Waals surface area contributed by atoms with Crippen molar-refractivity contribution in [3.05, 3.63) is 45.2 Å². The SMILES string of the molecule is CCCCCNc1nc2ccccn2c(=O)c1C=C1SC(=S)N(C(C)CC)C1=O. The smallest absolute Gasteiger partial charge is 0.267 e. The lowest BCUT2D eigenvalue weighted by molar-refractivity contribution is -0.123. The van der Waals surface area contributed by atoms with Crippen LogP contribution in [0.4, 0.5) is 5.82 Å². The van der Waals surface area contributed by atoms with Crippen LogP contribution in [0.3, 0.4) is 0 Å². The Kier molecular flexibility index (Phi) is 7.08. The van der Waals surface area contributed by atoms with Gasteiger partial charge < -0.3 is 5.32 Å². The van der Waals surface area contributed by atoms with Gasteiger partial charge in [0.05, 0.1) is 10.5 Å². The lowest BCUT2D eigenvalue weighted by atomic mass is 10.2. The Hall–Kier alpha value is -2.19. The molecular formula is C21H26N4O2S2. The molecule has 8 heteroatoms. The minimum absolute atomic E-state index is 0.0239. The number of nitrogens with zero attached hydrogens (tertiary/aromatic N) is 3. The van der Waals surface area contributed by atoms with Gasteiger partial charge in [-0.05, 0) is 38.0 Å². The molecule has 1 atom stereocenters. The van der Waals surface area contributed by atoms with Crippen molar-refractivity contribution in [2.75, 3.05) is 11.9 Å². The number of nitrogens with one attached hydrogen (secondary N) is 1. The molecular weight excluding hydrogens is 404 g/mol. The first kappa shape index (κ1) is 21.5. The Labute approximate surface area is 180 Å². The number of fused-ring (bicyclic) bond motifs is 1. The number of hydrogen-bond acceptors (Lipinski definition) is 6. The first-order valence-electron chi connectivity index (χ1n) is 10.00. The van der Waals surface area contributed by atoms with E-state index in [4.69, 9.17) is 12.2 Å². The second-order valence-electron chi connectivity index (χ2n) is 7.05. The Morgan fingerprint density at radius 2 is 2.07 bits per heavy atom. The number of thiocarbonyl (C=S) groups is 1. The third-order valence-corrected chi connectivity index (χ3v) is 6.30. The monoisotopic (exact) mass is 430 g/mol. The number of hydrogen-bond donors (Lipinski definition) is 1. The van der Waals surface area contributed by atoms with E-state index in [2.05, 4.69) is 17.2 Å². The molecule has 1 fully saturated rings. The molecule has 1 aliphatic heterocycles. The first-order valence-corrected chi connectivity index (χ1v) is 11.2. The second-order valence-corrected chi connectivity index (χ2v) is 8.73. The number of carbonyl (C=O) groups is 1. The molecule has 0 spiro atoms. The van der Waals surface area contributed by atoms with E-state index in [-0.39, 0.29) is 17.5 Å². The third-order valence-electron chi connectivity index (χ3n) is 4.97. The van der Waals surface area contributed by atoms with Gasteiger partial charge in [-0.1, -0.05) is 56.7 Å². The van der Waals surface area contributed by atoms with Crippen LogP contribution in [-0.2, 0) is 4.79 Å². The molecule has 0 aliphatic carbocycles. The van der Waals surface area contributed by atoms with E-state index < -0.39 is 0 Å². The summed E-state index contributed by atoms with van der Waals surface area (Å²) >= 11 is 6.65. The number of anilines is 1. The van der Waals surface area contributed by atoms with Crippen molar-refractivity contribution in [1.82, 2.24) is 14.3 Å². The van der Waals surface area contributed by atoms with Crippen LogP contribution < -0.4 is 10.9 Å². The highest BCUT2D eigenvalue weighted by Gasteiger charge is 2.35. The molecule has 2 aromatic heterocycles. The van der Waals surface area contributed by atoms with Crippen molar-refractivity contribution in [3.63, 3.8) is 0 Å². The zero-order chi connectivity index (χ0) is 21.0. The fourth-order valence-electron chi connectivity index (χ4n) is 3.12. The highest BCUT2D eigenvalue weighted by atomic mass is 32.2. The quantitative estimate of drug-likeness (QED) is 0.383. The highest BCUT2D eigenvalue weighted by Crippen LogP contribution is 2.34. The lowest BCUT2D eigenvalue weighted by Gasteiger charge is -2.21. The summed E-state index contributed by atoms with van der Waals surface area (Å²) < 4.78 is 2.03. The maximum absolute atomic E-state index is 13.2. The summed E-state index contributed by atoms with van der Waals surface area (Å²) in [6.07, 6.45) is 7.33. The largest absolute Gasteiger partial charge is 0.369 e. The summed E-state index contributed by atoms with van der Waals surface area (Å²) in [5, 5.41) is 3.29. The molecule has 0 saturated carbocycles. The molecule has 3 rings (SSSR count). The molecule has 154 valence electrons. The average Bonchev–Trinajstić information content (AvgIpc) is 3.00. The summed E-state index contributed by atoms with van der Waals surface area (Å²) in [4.78, 5) is 32.8. The van der Waals surface area contributed by atoms with Crippen LogP contribution in [0.2, 0.25) is 0 Å². The van der Waals surface area contributed by atoms with Crippen molar-refractivity contribution in [3.8, 4) is 0 Å². The molecule has 1 aliphatic rings. The molecule has 1 N–H and O–H groups in total. The lowest BCUT2D eigenvalue weighted by Crippen LogP contribution is -2.36. The molecule has 1 amide bonds. The first-order chi connectivity index (χ1) is 14.0. The average molecular weight is 431 g/mol. The topological polar surface area (TPSA) is 66.7 Å². The Morgan fingerprint density at radius 1 is 1.28 bits per heavy atom. The fraction of sp³-hybridized carbons (Fsp3) is 0.429. The molecule has 0 radical (unpaired) electrons. The minimum atomic E-state index is -0.206. The number of thioether (sulfide) groups is 1. The van der Waals surface area contributed by atoms with Gasteiger partial charge in [0.2, 0.25) is 0 Å². The summed E-state index contributed by atoms with van der Waals surface area (Å²) in [5.41, 5.74) is 0.747. The molecule has 0 aromatic carbocycles. The van der Waals surface area contributed by atoms with Gasteiger partial charge in [0.25, 0.3) is 11.5 Å². The van der Waals surface area contributed by atoms with E-state index in [0.717, 1.165) is 32.2 Å². The second kappa shape index (κ2) is 9.54. The van der Waals surface area contributed by atoms with E-state index in [1.807, 2.05) is 19.9 Å². The predicted octanol–water partition coefficient (Wildman–Crippen LogP) is 4.30. The van der Waals surface area contributed by atoms with Gasteiger partial charge in [-0.2, -0.15) is 0 Å². The van der Waals surface area contributed by atoms with Gasteiger partial charge in [-0.15, -0.1) is 0 Å². The summed E-state index contributed by atoms with van der Waals surface area (Å²) in [7, 11) is 0. The van der Waals surface area contributed by atoms with Crippen LogP contribution in [0, 0.1) is 0 Å². The normalized spacial score (nSPS) is 16.8. The van der Waals surface area contributed by atoms with E-state index in [1.54, 1.807) is 29.3 Å². The van der Waals surface area contributed by atoms with Crippen LogP contribution in [0.1, 0.15) is 52.0 Å². The van der Waals surface area contributed by atoms with Crippen LogP contribution in [-0.4, -0.2) is 37.1 Å². The van der Waals surface area contributed by atoms with Gasteiger partial charge in [-0.3, -0.25) is 18.9 Å². The molecule has 0 bridgehead atoms. The van der Waals surface area contributed by atoms with E-state index in [1.165, 1.54) is 16.2 Å². The van der Waals surface area contributed by atoms with Crippen molar-refractivity contribution in [2.45, 2.75) is 52.5 Å². The molecule has 1 unspecified atom stereocenters. The van der Waals surface area contributed by atoms with Crippen molar-refractivity contribution < 1.29 is 4.79 Å². The number of carbonyl (C=O) groups excluding carboxylic acids is 1. The van der Waals surface area contributed by atoms with Crippen LogP contribution in [0.15, 0.2) is 34.1 Å². The molecule has 2 aromatic rings. The number of unbranched alkanes of at least 4 members (excludes halogenated alkanes) is 2. The standard InChI is InChI=1S/C21H26N4O2S2/c1-4-6-8-11-22-18-15(19(26)24-12-9-7-10-17(24)23-18)13-16-20(27)25(14(3)5-2)21(28)29-16/h7,9-10,12-14,22H,4-6,8,11H2,1-3H3. The van der Waals surface area contributed by atoms with Gasteiger partial charge in [0, 0.05) is 18.8 Å². The highest BCUT2D eigenvalue weighted by molar-refractivity contribution is 8.26. The van der Waals surface area contributed by atoms with Gasteiger partial charge >= 0.3 is 0 Å². The fourth-order valence-corrected chi connectivity index (χ4v) is 4.57. The van der Waals surface area contributed by atoms with Crippen LogP contribution in [0.25, 0.3) is 11.7 Å². The summed E-state index contributed by atoms with van der Waals surface area (Å²) in [5.74, 6) is 0.356. The predicted molar refractivity (Wildman–Crippen MR) is 124 cm³/mol. The molecule has 1 saturated heterocycles. The third kappa shape index (κ3) is 4.53. The maximum atomic E-state index is 13.2. The van der Waals surface area contributed by atoms with Crippen molar-refractivity contribution in [2.24, 2.45) is 0 Å². The van der Waals surface area contributed by atoms with E-state index >= 15 is 0 Å². The van der Waals surface area contributed by atoms with Crippen molar-refractivity contribution in [1.29, 1.82) is 0 Å². The Morgan fingerprint density at radius 3 is 2.79 bits per heavy atom. The zero-order valence-corrected chi connectivity index (χ0v) is 18.6. The van der Waals surface area contributed by atoms with Gasteiger partial charge in [0.1, 0.15) is 15.8 Å². The Balaban J connectivity index is 2.04. The molecule has 3 heterocycles. The summed E-state index contributed by atoms with van der Waals surface area (Å²) in [6.45, 7) is 6.86. The van der Waals surface area contributed by atoms with Gasteiger partial charge in [0.15, 0.2) is 0 Å². The number of aromatic nitrogens is 2. The van der Waals surface area contributed by atoms with Crippen molar-refractivity contribution >= 4 is 51.7 Å². The number of rotatable bonds is 8. The van der Waals surface area contributed by atoms with E-state index in [9.17, 15) is 9.59 Å². The minimum Gasteiger partial charge on any atom is -0.369 e. The van der Waals surface area contributed by atoms with Crippen LogP contribution >= 0.6 is 24.0 Å². The van der Waals surface area contributed by atoms with Gasteiger partial charge in [-0.25, -0.2) is 4.98 Å².